The number of aryl methyl sites for hydroxylation is 1. The Balaban J connectivity index is 2.47. The Bertz CT molecular complexity index is 618. The van der Waals surface area contributed by atoms with Crippen LogP contribution >= 0.6 is 0 Å². The molecule has 0 aromatic heterocycles. The third-order valence-electron chi connectivity index (χ3n) is 3.46. The predicted molar refractivity (Wildman–Crippen MR) is 74.3 cm³/mol. The first-order chi connectivity index (χ1) is 9.23. The van der Waals surface area contributed by atoms with Gasteiger partial charge in [0.25, 0.3) is 0 Å². The normalized spacial score (nSPS) is 24.8. The summed E-state index contributed by atoms with van der Waals surface area (Å²) in [7, 11) is -3.92. The molecule has 1 aromatic rings. The van der Waals surface area contributed by atoms with Crippen LogP contribution in [-0.2, 0) is 14.8 Å². The lowest BCUT2D eigenvalue weighted by atomic mass is 10.2. The van der Waals surface area contributed by atoms with Crippen LogP contribution in [0.15, 0.2) is 17.0 Å². The highest BCUT2D eigenvalue weighted by molar-refractivity contribution is 7.89. The van der Waals surface area contributed by atoms with Gasteiger partial charge in [-0.1, -0.05) is 0 Å². The molecule has 1 aromatic carbocycles. The van der Waals surface area contributed by atoms with Crippen LogP contribution in [0.5, 0.6) is 0 Å². The number of ether oxygens (including phenoxy) is 1. The molecule has 0 saturated carbocycles. The van der Waals surface area contributed by atoms with Gasteiger partial charge in [0.05, 0.1) is 12.7 Å². The van der Waals surface area contributed by atoms with Crippen LogP contribution in [0.25, 0.3) is 0 Å². The fourth-order valence-electron chi connectivity index (χ4n) is 2.20. The van der Waals surface area contributed by atoms with Crippen molar-refractivity contribution in [3.63, 3.8) is 0 Å². The fraction of sp³-hybridized carbons (Fsp3) is 0.538. The van der Waals surface area contributed by atoms with E-state index in [0.717, 1.165) is 6.07 Å². The number of nitrogens with two attached hydrogens (primary N) is 1. The van der Waals surface area contributed by atoms with Gasteiger partial charge in [0, 0.05) is 18.3 Å². The van der Waals surface area contributed by atoms with Crippen molar-refractivity contribution in [3.05, 3.63) is 23.5 Å². The van der Waals surface area contributed by atoms with Crippen molar-refractivity contribution in [1.29, 1.82) is 0 Å². The van der Waals surface area contributed by atoms with E-state index in [9.17, 15) is 12.8 Å². The Kier molecular flexibility index (Phi) is 4.04. The summed E-state index contributed by atoms with van der Waals surface area (Å²) in [5, 5.41) is 0. The minimum absolute atomic E-state index is 0.205. The lowest BCUT2D eigenvalue weighted by molar-refractivity contribution is -0.0171. The summed E-state index contributed by atoms with van der Waals surface area (Å²) in [5.41, 5.74) is 6.48. The van der Waals surface area contributed by atoms with Crippen LogP contribution < -0.4 is 5.73 Å². The monoisotopic (exact) mass is 302 g/mol. The quantitative estimate of drug-likeness (QED) is 0.841. The summed E-state index contributed by atoms with van der Waals surface area (Å²) < 4.78 is 45.9. The van der Waals surface area contributed by atoms with Crippen molar-refractivity contribution in [1.82, 2.24) is 4.31 Å². The van der Waals surface area contributed by atoms with Gasteiger partial charge in [0.2, 0.25) is 10.0 Å². The molecule has 0 aliphatic carbocycles. The number of nitrogen functional groups attached to an aromatic ring is 1. The van der Waals surface area contributed by atoms with E-state index >= 15 is 0 Å². The average molecular weight is 302 g/mol. The molecule has 0 spiro atoms. The van der Waals surface area contributed by atoms with Gasteiger partial charge in [-0.2, -0.15) is 4.31 Å². The molecule has 5 nitrogen and oxygen atoms in total. The summed E-state index contributed by atoms with van der Waals surface area (Å²) in [6, 6.07) is 2.00. The molecule has 2 unspecified atom stereocenters. The minimum Gasteiger partial charge on any atom is -0.398 e. The van der Waals surface area contributed by atoms with E-state index in [0.29, 0.717) is 12.2 Å². The van der Waals surface area contributed by atoms with E-state index in [-0.39, 0.29) is 29.3 Å². The number of benzene rings is 1. The molecule has 2 N–H and O–H groups in total. The van der Waals surface area contributed by atoms with Crippen molar-refractivity contribution < 1.29 is 17.5 Å². The fourth-order valence-corrected chi connectivity index (χ4v) is 3.98. The maximum atomic E-state index is 14.0. The minimum atomic E-state index is -3.92. The molecule has 1 fully saturated rings. The molecule has 7 heteroatoms. The number of sulfonamides is 1. The molecule has 0 radical (unpaired) electrons. The lowest BCUT2D eigenvalue weighted by Gasteiger charge is -2.35. The van der Waals surface area contributed by atoms with E-state index < -0.39 is 15.8 Å². The van der Waals surface area contributed by atoms with Crippen molar-refractivity contribution in [3.8, 4) is 0 Å². The molecule has 1 saturated heterocycles. The number of anilines is 1. The van der Waals surface area contributed by atoms with Crippen LogP contribution in [0.1, 0.15) is 19.4 Å². The number of halogens is 1. The van der Waals surface area contributed by atoms with E-state index in [2.05, 4.69) is 0 Å². The first kappa shape index (κ1) is 15.2. The van der Waals surface area contributed by atoms with Gasteiger partial charge in [0.1, 0.15) is 10.7 Å². The van der Waals surface area contributed by atoms with Crippen LogP contribution in [0.2, 0.25) is 0 Å². The van der Waals surface area contributed by atoms with Gasteiger partial charge < -0.3 is 10.5 Å². The first-order valence-electron chi connectivity index (χ1n) is 6.42. The predicted octanol–water partition coefficient (Wildman–Crippen LogP) is 1.51. The van der Waals surface area contributed by atoms with Gasteiger partial charge in [-0.15, -0.1) is 0 Å². The van der Waals surface area contributed by atoms with Crippen LogP contribution in [0.4, 0.5) is 10.1 Å². The zero-order valence-corrected chi connectivity index (χ0v) is 12.6. The number of hydrogen-bond donors (Lipinski definition) is 1. The topological polar surface area (TPSA) is 72.6 Å². The second-order valence-electron chi connectivity index (χ2n) is 5.21. The van der Waals surface area contributed by atoms with E-state index in [1.807, 2.05) is 0 Å². The SMILES string of the molecule is Cc1cc(F)c(S(=O)(=O)N2CC(C)OCC2C)cc1N. The van der Waals surface area contributed by atoms with Gasteiger partial charge in [-0.3, -0.25) is 0 Å². The molecular weight excluding hydrogens is 283 g/mol. The second-order valence-corrected chi connectivity index (χ2v) is 7.07. The number of rotatable bonds is 2. The largest absolute Gasteiger partial charge is 0.398 e. The number of hydrogen-bond acceptors (Lipinski definition) is 4. The van der Waals surface area contributed by atoms with E-state index in [4.69, 9.17) is 10.5 Å². The van der Waals surface area contributed by atoms with Gasteiger partial charge in [-0.05, 0) is 38.5 Å². The van der Waals surface area contributed by atoms with Crippen molar-refractivity contribution >= 4 is 15.7 Å². The molecular formula is C13H19FN2O3S. The molecule has 0 bridgehead atoms. The summed E-state index contributed by atoms with van der Waals surface area (Å²) in [5.74, 6) is -0.775. The van der Waals surface area contributed by atoms with Gasteiger partial charge >= 0.3 is 0 Å². The molecule has 2 rings (SSSR count). The zero-order valence-electron chi connectivity index (χ0n) is 11.8. The summed E-state index contributed by atoms with van der Waals surface area (Å²) in [6.45, 7) is 5.65. The third kappa shape index (κ3) is 2.65. The van der Waals surface area contributed by atoms with Crippen molar-refractivity contribution in [2.45, 2.75) is 37.8 Å². The highest BCUT2D eigenvalue weighted by Crippen LogP contribution is 2.27. The smallest absolute Gasteiger partial charge is 0.246 e. The molecule has 20 heavy (non-hydrogen) atoms. The van der Waals surface area contributed by atoms with Crippen LogP contribution in [-0.4, -0.2) is 38.0 Å². The van der Waals surface area contributed by atoms with E-state index in [1.165, 1.54) is 10.4 Å². The van der Waals surface area contributed by atoms with Gasteiger partial charge in [-0.25, -0.2) is 12.8 Å². The molecule has 1 aliphatic rings. The molecule has 1 aliphatic heterocycles. The highest BCUT2D eigenvalue weighted by Gasteiger charge is 2.35. The zero-order chi connectivity index (χ0) is 15.1. The summed E-state index contributed by atoms with van der Waals surface area (Å²) in [4.78, 5) is -0.374. The van der Waals surface area contributed by atoms with Crippen LogP contribution in [0, 0.1) is 12.7 Å². The number of nitrogens with zero attached hydrogens (tertiary/aromatic N) is 1. The molecule has 112 valence electrons. The summed E-state index contributed by atoms with van der Waals surface area (Å²) >= 11 is 0. The summed E-state index contributed by atoms with van der Waals surface area (Å²) in [6.07, 6.45) is -0.216. The molecule has 0 amide bonds. The lowest BCUT2D eigenvalue weighted by Crippen LogP contribution is -2.50. The molecule has 1 heterocycles. The Morgan fingerprint density at radius 2 is 2.05 bits per heavy atom. The van der Waals surface area contributed by atoms with Crippen LogP contribution in [0.3, 0.4) is 0 Å². The Morgan fingerprint density at radius 3 is 2.70 bits per heavy atom. The van der Waals surface area contributed by atoms with Gasteiger partial charge in [0.15, 0.2) is 0 Å². The maximum absolute atomic E-state index is 14.0. The maximum Gasteiger partial charge on any atom is 0.246 e. The average Bonchev–Trinajstić information content (AvgIpc) is 2.36. The Hall–Kier alpha value is -1.18. The van der Waals surface area contributed by atoms with Crippen molar-refractivity contribution in [2.24, 2.45) is 0 Å². The third-order valence-corrected chi connectivity index (χ3v) is 5.45. The number of morpholine rings is 1. The Morgan fingerprint density at radius 1 is 1.40 bits per heavy atom. The standard InChI is InChI=1S/C13H19FN2O3S/c1-8-4-11(14)13(5-12(8)15)20(17,18)16-6-10(3)19-7-9(16)2/h4-5,9-10H,6-7,15H2,1-3H3. The van der Waals surface area contributed by atoms with Crippen molar-refractivity contribution in [2.75, 3.05) is 18.9 Å². The first-order valence-corrected chi connectivity index (χ1v) is 7.86. The Labute approximate surface area is 118 Å². The van der Waals surface area contributed by atoms with E-state index in [1.54, 1.807) is 20.8 Å². The highest BCUT2D eigenvalue weighted by atomic mass is 32.2. The molecule has 2 atom stereocenters. The second kappa shape index (κ2) is 5.31.